The molecule has 0 unspecified atom stereocenters. The summed E-state index contributed by atoms with van der Waals surface area (Å²) in [5.74, 6) is -1.54. The Morgan fingerprint density at radius 3 is 2.71 bits per heavy atom. The number of rotatable bonds is 5. The third kappa shape index (κ3) is 3.09. The molecule has 2 rings (SSSR count). The minimum absolute atomic E-state index is 0.0433. The summed E-state index contributed by atoms with van der Waals surface area (Å²) in [6, 6.07) is 3.61. The van der Waals surface area contributed by atoms with E-state index in [4.69, 9.17) is 21.4 Å². The third-order valence-electron chi connectivity index (χ3n) is 2.49. The molecule has 0 fully saturated rings. The number of halogens is 1. The number of anilines is 1. The first-order valence-electron chi connectivity index (χ1n) is 5.48. The number of carbonyl (C=O) groups is 1. The molecule has 1 aromatic carbocycles. The summed E-state index contributed by atoms with van der Waals surface area (Å²) in [7, 11) is -2.93. The number of carboxylic acid groups (broad SMARTS) is 1. The van der Waals surface area contributed by atoms with Gasteiger partial charge in [-0.1, -0.05) is 11.6 Å². The highest BCUT2D eigenvalue weighted by Gasteiger charge is 2.26. The number of hydrogen-bond acceptors (Lipinski definition) is 5. The maximum atomic E-state index is 12.3. The molecule has 0 spiro atoms. The Labute approximate surface area is 124 Å². The summed E-state index contributed by atoms with van der Waals surface area (Å²) in [6.07, 6.45) is 1.36. The van der Waals surface area contributed by atoms with Gasteiger partial charge in [0.05, 0.1) is 13.3 Å². The van der Waals surface area contributed by atoms with Crippen LogP contribution in [-0.2, 0) is 10.0 Å². The van der Waals surface area contributed by atoms with Gasteiger partial charge < -0.3 is 9.84 Å². The zero-order chi connectivity index (χ0) is 15.6. The van der Waals surface area contributed by atoms with Crippen LogP contribution < -0.4 is 9.46 Å². The van der Waals surface area contributed by atoms with Crippen molar-refractivity contribution in [3.63, 3.8) is 0 Å². The molecule has 0 aliphatic rings. The summed E-state index contributed by atoms with van der Waals surface area (Å²) in [4.78, 5) is 10.8. The molecule has 2 aromatic rings. The molecule has 3 N–H and O–H groups in total. The number of methoxy groups -OCH3 is 1. The first-order chi connectivity index (χ1) is 9.85. The van der Waals surface area contributed by atoms with Crippen LogP contribution in [0, 0.1) is 0 Å². The Morgan fingerprint density at radius 2 is 2.19 bits per heavy atom. The van der Waals surface area contributed by atoms with E-state index in [0.29, 0.717) is 0 Å². The number of sulfonamides is 1. The Balaban J connectivity index is 2.59. The summed E-state index contributed by atoms with van der Waals surface area (Å²) in [6.45, 7) is 0. The van der Waals surface area contributed by atoms with Gasteiger partial charge in [-0.3, -0.25) is 9.82 Å². The summed E-state index contributed by atoms with van der Waals surface area (Å²) in [5, 5.41) is 15.1. The minimum atomic E-state index is -4.10. The lowest BCUT2D eigenvalue weighted by Crippen LogP contribution is -2.16. The number of aromatic amines is 1. The number of ether oxygens (including phenoxy) is 1. The smallest absolute Gasteiger partial charge is 0.339 e. The highest BCUT2D eigenvalue weighted by atomic mass is 35.5. The van der Waals surface area contributed by atoms with Crippen molar-refractivity contribution in [2.24, 2.45) is 0 Å². The van der Waals surface area contributed by atoms with Crippen LogP contribution in [0.15, 0.2) is 29.3 Å². The first-order valence-corrected chi connectivity index (χ1v) is 7.34. The zero-order valence-electron chi connectivity index (χ0n) is 10.6. The van der Waals surface area contributed by atoms with Crippen LogP contribution in [0.3, 0.4) is 0 Å². The number of nitrogens with zero attached hydrogens (tertiary/aromatic N) is 1. The van der Waals surface area contributed by atoms with Crippen LogP contribution in [-0.4, -0.2) is 36.8 Å². The van der Waals surface area contributed by atoms with Crippen LogP contribution >= 0.6 is 11.6 Å². The molecule has 10 heteroatoms. The second kappa shape index (κ2) is 5.62. The lowest BCUT2D eigenvalue weighted by Gasteiger charge is -2.13. The topological polar surface area (TPSA) is 121 Å². The van der Waals surface area contributed by atoms with Crippen molar-refractivity contribution in [3.8, 4) is 5.75 Å². The van der Waals surface area contributed by atoms with Gasteiger partial charge in [0.25, 0.3) is 10.0 Å². The van der Waals surface area contributed by atoms with Gasteiger partial charge in [0.1, 0.15) is 16.3 Å². The molecular formula is C11H10ClN3O5S. The summed E-state index contributed by atoms with van der Waals surface area (Å²) in [5.41, 5.74) is -0.352. The zero-order valence-corrected chi connectivity index (χ0v) is 12.2. The van der Waals surface area contributed by atoms with E-state index in [1.807, 2.05) is 0 Å². The van der Waals surface area contributed by atoms with Gasteiger partial charge >= 0.3 is 5.97 Å². The number of benzene rings is 1. The lowest BCUT2D eigenvalue weighted by atomic mass is 10.2. The van der Waals surface area contributed by atoms with Crippen LogP contribution in [0.1, 0.15) is 10.4 Å². The number of nitrogens with one attached hydrogen (secondary N) is 2. The quantitative estimate of drug-likeness (QED) is 0.764. The largest absolute Gasteiger partial charge is 0.494 e. The molecule has 0 atom stereocenters. The van der Waals surface area contributed by atoms with Crippen LogP contribution in [0.5, 0.6) is 5.75 Å². The lowest BCUT2D eigenvalue weighted by molar-refractivity contribution is 0.0693. The highest BCUT2D eigenvalue weighted by Crippen LogP contribution is 2.32. The van der Waals surface area contributed by atoms with E-state index >= 15 is 0 Å². The molecule has 0 amide bonds. The predicted octanol–water partition coefficient (Wildman–Crippen LogP) is 1.57. The van der Waals surface area contributed by atoms with Crippen molar-refractivity contribution in [2.45, 2.75) is 4.90 Å². The van der Waals surface area contributed by atoms with Crippen LogP contribution in [0.25, 0.3) is 0 Å². The van der Waals surface area contributed by atoms with E-state index in [1.165, 1.54) is 19.4 Å². The third-order valence-corrected chi connectivity index (χ3v) is 4.08. The molecule has 8 nitrogen and oxygen atoms in total. The number of aromatic nitrogens is 2. The number of aromatic carboxylic acids is 1. The van der Waals surface area contributed by atoms with Crippen molar-refractivity contribution in [1.29, 1.82) is 0 Å². The number of hydrogen-bond donors (Lipinski definition) is 3. The fourth-order valence-electron chi connectivity index (χ4n) is 1.65. The molecule has 1 aromatic heterocycles. The van der Waals surface area contributed by atoms with E-state index < -0.39 is 16.0 Å². The van der Waals surface area contributed by atoms with E-state index in [-0.39, 0.29) is 27.0 Å². The average molecular weight is 332 g/mol. The van der Waals surface area contributed by atoms with E-state index in [9.17, 15) is 13.2 Å². The van der Waals surface area contributed by atoms with Gasteiger partial charge in [-0.15, -0.1) is 0 Å². The molecular weight excluding hydrogens is 322 g/mol. The van der Waals surface area contributed by atoms with Gasteiger partial charge in [0.15, 0.2) is 5.75 Å². The average Bonchev–Trinajstić information content (AvgIpc) is 2.89. The Bertz CT molecular complexity index is 773. The van der Waals surface area contributed by atoms with Crippen LogP contribution in [0.4, 0.5) is 5.82 Å². The molecule has 0 aliphatic heterocycles. The first kappa shape index (κ1) is 15.1. The SMILES string of the molecule is COc1c(C(=O)O)cc(Cl)cc1S(=O)(=O)Nc1ccn[nH]1. The van der Waals surface area contributed by atoms with Crippen molar-refractivity contribution >= 4 is 33.4 Å². The molecule has 0 saturated heterocycles. The maximum Gasteiger partial charge on any atom is 0.339 e. The number of H-pyrrole nitrogens is 1. The molecule has 112 valence electrons. The van der Waals surface area contributed by atoms with E-state index in [0.717, 1.165) is 12.1 Å². The van der Waals surface area contributed by atoms with E-state index in [2.05, 4.69) is 14.9 Å². The Morgan fingerprint density at radius 1 is 1.48 bits per heavy atom. The minimum Gasteiger partial charge on any atom is -0.494 e. The van der Waals surface area contributed by atoms with Crippen molar-refractivity contribution < 1.29 is 23.1 Å². The maximum absolute atomic E-state index is 12.3. The second-order valence-corrected chi connectivity index (χ2v) is 5.95. The standard InChI is InChI=1S/C11H10ClN3O5S/c1-20-10-7(11(16)17)4-6(12)5-8(10)21(18,19)15-9-2-3-13-14-9/h2-5H,1H3,(H,16,17)(H2,13,14,15). The highest BCUT2D eigenvalue weighted by molar-refractivity contribution is 7.92. The van der Waals surface area contributed by atoms with Crippen molar-refractivity contribution in [2.75, 3.05) is 11.8 Å². The van der Waals surface area contributed by atoms with Gasteiger partial charge in [-0.2, -0.15) is 5.10 Å². The van der Waals surface area contributed by atoms with Gasteiger partial charge in [-0.25, -0.2) is 13.2 Å². The monoisotopic (exact) mass is 331 g/mol. The predicted molar refractivity (Wildman–Crippen MR) is 74.4 cm³/mol. The van der Waals surface area contributed by atoms with Gasteiger partial charge in [0.2, 0.25) is 0 Å². The molecule has 21 heavy (non-hydrogen) atoms. The molecule has 0 saturated carbocycles. The Hall–Kier alpha value is -2.26. The van der Waals surface area contributed by atoms with E-state index in [1.54, 1.807) is 0 Å². The van der Waals surface area contributed by atoms with Crippen molar-refractivity contribution in [3.05, 3.63) is 35.0 Å². The molecule has 0 bridgehead atoms. The number of carboxylic acids is 1. The summed E-state index contributed by atoms with van der Waals surface area (Å²) >= 11 is 5.78. The second-order valence-electron chi connectivity index (χ2n) is 3.87. The Kier molecular flexibility index (Phi) is 4.05. The van der Waals surface area contributed by atoms with Crippen molar-refractivity contribution in [1.82, 2.24) is 10.2 Å². The fraction of sp³-hybridized carbons (Fsp3) is 0.0909. The molecule has 1 heterocycles. The molecule has 0 radical (unpaired) electrons. The normalized spacial score (nSPS) is 11.1. The van der Waals surface area contributed by atoms with Crippen LogP contribution in [0.2, 0.25) is 5.02 Å². The van der Waals surface area contributed by atoms with Gasteiger partial charge in [0, 0.05) is 11.1 Å². The van der Waals surface area contributed by atoms with Gasteiger partial charge in [-0.05, 0) is 12.1 Å². The molecule has 0 aliphatic carbocycles. The fourth-order valence-corrected chi connectivity index (χ4v) is 3.17. The summed E-state index contributed by atoms with van der Waals surface area (Å²) < 4.78 is 31.8.